The SMILES string of the molecule is CCOC(=O)C1(OC(c2cc3cc(CC(N)=O)ccc3o2)c2c(C)noc2C)CC1.Cc1ccc(C(C)c2ccccc2)c(C)c1.[HH]. The number of primary amides is 1. The normalized spacial score (nSPS) is 14.7. The van der Waals surface area contributed by atoms with E-state index in [4.69, 9.17) is 24.1 Å². The highest BCUT2D eigenvalue weighted by Gasteiger charge is 2.55. The van der Waals surface area contributed by atoms with E-state index in [9.17, 15) is 9.59 Å². The second kappa shape index (κ2) is 13.7. The number of carbonyl (C=O) groups excluding carboxylic acids is 2. The third-order valence-corrected chi connectivity index (χ3v) is 8.47. The number of hydrogen-bond acceptors (Lipinski definition) is 7. The Bertz CT molecular complexity index is 1820. The van der Waals surface area contributed by atoms with E-state index in [1.54, 1.807) is 26.0 Å². The van der Waals surface area contributed by atoms with E-state index < -0.39 is 17.6 Å². The van der Waals surface area contributed by atoms with Gasteiger partial charge in [-0.3, -0.25) is 4.79 Å². The highest BCUT2D eigenvalue weighted by atomic mass is 16.6. The minimum absolute atomic E-state index is 0. The molecule has 0 spiro atoms. The zero-order chi connectivity index (χ0) is 33.0. The second-order valence-corrected chi connectivity index (χ2v) is 12.1. The molecule has 2 aromatic heterocycles. The lowest BCUT2D eigenvalue weighted by Gasteiger charge is -2.22. The molecule has 1 aliphatic rings. The van der Waals surface area contributed by atoms with Crippen LogP contribution in [0, 0.1) is 27.7 Å². The topological polar surface area (TPSA) is 118 Å². The van der Waals surface area contributed by atoms with Gasteiger partial charge in [0.15, 0.2) is 5.60 Å². The maximum atomic E-state index is 12.5. The van der Waals surface area contributed by atoms with Gasteiger partial charge in [0.1, 0.15) is 23.2 Å². The van der Waals surface area contributed by atoms with E-state index in [1.807, 2.05) is 19.1 Å². The van der Waals surface area contributed by atoms with Crippen LogP contribution in [0.5, 0.6) is 0 Å². The molecule has 8 heteroatoms. The molecule has 0 aliphatic heterocycles. The van der Waals surface area contributed by atoms with Crippen molar-refractivity contribution in [3.05, 3.63) is 123 Å². The van der Waals surface area contributed by atoms with Crippen molar-refractivity contribution >= 4 is 22.8 Å². The molecule has 0 radical (unpaired) electrons. The van der Waals surface area contributed by atoms with E-state index in [0.29, 0.717) is 41.6 Å². The summed E-state index contributed by atoms with van der Waals surface area (Å²) in [6.07, 6.45) is 0.616. The molecule has 1 saturated carbocycles. The summed E-state index contributed by atoms with van der Waals surface area (Å²) < 4.78 is 23.0. The fourth-order valence-corrected chi connectivity index (χ4v) is 5.88. The van der Waals surface area contributed by atoms with Gasteiger partial charge in [0.05, 0.1) is 24.3 Å². The predicted molar refractivity (Wildman–Crippen MR) is 179 cm³/mol. The first-order chi connectivity index (χ1) is 22.0. The van der Waals surface area contributed by atoms with Gasteiger partial charge in [0.2, 0.25) is 5.91 Å². The maximum absolute atomic E-state index is 12.5. The van der Waals surface area contributed by atoms with Crippen molar-refractivity contribution in [2.75, 3.05) is 6.61 Å². The number of esters is 1. The average Bonchev–Trinajstić information content (AvgIpc) is 3.58. The Balaban J connectivity index is 0.000000249. The fraction of sp³-hybridized carbons (Fsp3) is 0.342. The summed E-state index contributed by atoms with van der Waals surface area (Å²) in [6.45, 7) is 12.3. The van der Waals surface area contributed by atoms with E-state index in [1.165, 1.54) is 22.3 Å². The molecule has 0 saturated heterocycles. The van der Waals surface area contributed by atoms with Crippen LogP contribution < -0.4 is 5.73 Å². The number of amides is 1. The number of hydrogen-bond donors (Lipinski definition) is 1. The van der Waals surface area contributed by atoms with Crippen LogP contribution in [0.15, 0.2) is 81.7 Å². The summed E-state index contributed by atoms with van der Waals surface area (Å²) in [5, 5.41) is 4.84. The van der Waals surface area contributed by atoms with Crippen LogP contribution in [0.3, 0.4) is 0 Å². The molecule has 2 unspecified atom stereocenters. The van der Waals surface area contributed by atoms with Crippen LogP contribution in [0.4, 0.5) is 0 Å². The Labute approximate surface area is 271 Å². The Morgan fingerprint density at radius 1 is 1.00 bits per heavy atom. The van der Waals surface area contributed by atoms with Crippen molar-refractivity contribution in [2.45, 2.75) is 78.4 Å². The Kier molecular flexibility index (Phi) is 9.77. The van der Waals surface area contributed by atoms with Crippen LogP contribution in [-0.2, 0) is 25.5 Å². The van der Waals surface area contributed by atoms with Crippen molar-refractivity contribution < 1.29 is 29.4 Å². The Morgan fingerprint density at radius 3 is 2.35 bits per heavy atom. The van der Waals surface area contributed by atoms with Gasteiger partial charge in [0.25, 0.3) is 0 Å². The van der Waals surface area contributed by atoms with Crippen molar-refractivity contribution in [3.8, 4) is 0 Å². The standard InChI is InChI=1S/C22H24N2O6.C16H18.H2/c1-4-27-21(26)22(7-8-22)29-20(19-12(2)24-30-13(19)3)17-11-15-9-14(10-18(23)25)5-6-16(15)28-17;1-12-9-10-16(13(2)11-12)14(3)15-7-5-4-6-8-15;/h5-6,9,11,20H,4,7-8,10H2,1-3H3,(H2,23,25);4-11,14H,1-3H3;1H. The number of fused-ring (bicyclic) bond motifs is 1. The van der Waals surface area contributed by atoms with Crippen molar-refractivity contribution in [2.24, 2.45) is 5.73 Å². The molecule has 2 N–H and O–H groups in total. The molecule has 0 bridgehead atoms. The third kappa shape index (κ3) is 7.23. The molecule has 242 valence electrons. The molecule has 1 aliphatic carbocycles. The highest BCUT2D eigenvalue weighted by molar-refractivity contribution is 5.83. The van der Waals surface area contributed by atoms with Crippen LogP contribution in [0.1, 0.15) is 90.7 Å². The van der Waals surface area contributed by atoms with E-state index in [0.717, 1.165) is 16.5 Å². The number of rotatable bonds is 10. The number of aromatic nitrogens is 1. The number of benzene rings is 3. The monoisotopic (exact) mass is 624 g/mol. The number of ether oxygens (including phenoxy) is 2. The van der Waals surface area contributed by atoms with Crippen LogP contribution in [-0.4, -0.2) is 29.2 Å². The molecule has 8 nitrogen and oxygen atoms in total. The zero-order valence-electron chi connectivity index (χ0n) is 27.4. The number of carbonyl (C=O) groups is 2. The minimum atomic E-state index is -0.993. The van der Waals surface area contributed by atoms with Crippen LogP contribution >= 0.6 is 0 Å². The molecule has 3 aromatic carbocycles. The second-order valence-electron chi connectivity index (χ2n) is 12.1. The fourth-order valence-electron chi connectivity index (χ4n) is 5.88. The van der Waals surface area contributed by atoms with Crippen molar-refractivity contribution in [3.63, 3.8) is 0 Å². The summed E-state index contributed by atoms with van der Waals surface area (Å²) in [5.41, 5.74) is 12.7. The van der Waals surface area contributed by atoms with Gasteiger partial charge in [-0.25, -0.2) is 4.79 Å². The first-order valence-electron chi connectivity index (χ1n) is 15.7. The van der Waals surface area contributed by atoms with Gasteiger partial charge in [-0.05, 0) is 87.9 Å². The summed E-state index contributed by atoms with van der Waals surface area (Å²) in [4.78, 5) is 23.7. The number of furan rings is 1. The molecule has 2 atom stereocenters. The molecule has 46 heavy (non-hydrogen) atoms. The lowest BCUT2D eigenvalue weighted by atomic mass is 9.89. The van der Waals surface area contributed by atoms with E-state index >= 15 is 0 Å². The number of aryl methyl sites for hydroxylation is 4. The molecular formula is C38H44N2O6. The van der Waals surface area contributed by atoms with Crippen molar-refractivity contribution in [1.29, 1.82) is 0 Å². The Morgan fingerprint density at radius 2 is 1.74 bits per heavy atom. The summed E-state index contributed by atoms with van der Waals surface area (Å²) in [5.74, 6) is 0.807. The van der Waals surface area contributed by atoms with Gasteiger partial charge in [0, 0.05) is 12.7 Å². The van der Waals surface area contributed by atoms with Gasteiger partial charge in [-0.1, -0.05) is 72.2 Å². The zero-order valence-corrected chi connectivity index (χ0v) is 27.4. The van der Waals surface area contributed by atoms with E-state index in [-0.39, 0.29) is 20.4 Å². The van der Waals surface area contributed by atoms with Crippen LogP contribution in [0.25, 0.3) is 11.0 Å². The first kappa shape index (κ1) is 32.7. The molecule has 1 fully saturated rings. The Hall–Kier alpha value is -4.69. The van der Waals surface area contributed by atoms with Gasteiger partial charge in [-0.15, -0.1) is 0 Å². The lowest BCUT2D eigenvalue weighted by molar-refractivity contribution is -0.164. The van der Waals surface area contributed by atoms with Crippen LogP contribution in [0.2, 0.25) is 0 Å². The minimum Gasteiger partial charge on any atom is -0.464 e. The lowest BCUT2D eigenvalue weighted by Crippen LogP contribution is -2.31. The van der Waals surface area contributed by atoms with Crippen molar-refractivity contribution in [1.82, 2.24) is 5.16 Å². The molecule has 2 heterocycles. The molecule has 5 aromatic rings. The maximum Gasteiger partial charge on any atom is 0.338 e. The average molecular weight is 625 g/mol. The van der Waals surface area contributed by atoms with E-state index in [2.05, 4.69) is 74.5 Å². The summed E-state index contributed by atoms with van der Waals surface area (Å²) in [6, 6.07) is 24.7. The van der Waals surface area contributed by atoms with Gasteiger partial charge >= 0.3 is 5.97 Å². The summed E-state index contributed by atoms with van der Waals surface area (Å²) in [7, 11) is 0. The largest absolute Gasteiger partial charge is 0.464 e. The molecular weight excluding hydrogens is 580 g/mol. The first-order valence-corrected chi connectivity index (χ1v) is 15.7. The molecule has 1 amide bonds. The quantitative estimate of drug-likeness (QED) is 0.157. The van der Waals surface area contributed by atoms with Gasteiger partial charge < -0.3 is 24.1 Å². The highest BCUT2D eigenvalue weighted by Crippen LogP contribution is 2.47. The smallest absolute Gasteiger partial charge is 0.338 e. The predicted octanol–water partition coefficient (Wildman–Crippen LogP) is 7.97. The molecule has 6 rings (SSSR count). The summed E-state index contributed by atoms with van der Waals surface area (Å²) >= 11 is 0. The number of nitrogens with two attached hydrogens (primary N) is 1. The third-order valence-electron chi connectivity index (χ3n) is 8.47. The van der Waals surface area contributed by atoms with Gasteiger partial charge in [-0.2, -0.15) is 0 Å². The number of nitrogens with zero attached hydrogens (tertiary/aromatic N) is 1.